The van der Waals surface area contributed by atoms with Gasteiger partial charge < -0.3 is 20.4 Å². The van der Waals surface area contributed by atoms with Crippen molar-refractivity contribution in [1.82, 2.24) is 0 Å². The van der Waals surface area contributed by atoms with Crippen LogP contribution in [0.25, 0.3) is 0 Å². The predicted octanol–water partition coefficient (Wildman–Crippen LogP) is -1.36. The maximum Gasteiger partial charge on any atom is 4.00 e. The van der Waals surface area contributed by atoms with Crippen LogP contribution in [-0.4, -0.2) is 48.1 Å². The van der Waals surface area contributed by atoms with E-state index in [0.29, 0.717) is 0 Å². The molecule has 0 heterocycles. The van der Waals surface area contributed by atoms with E-state index in [4.69, 9.17) is 0 Å². The normalized spacial score (nSPS) is 8.47. The van der Waals surface area contributed by atoms with Gasteiger partial charge in [-0.25, -0.2) is 0 Å². The van der Waals surface area contributed by atoms with E-state index < -0.39 is 24.4 Å². The fourth-order valence-electron chi connectivity index (χ4n) is 0. The Bertz CT molecular complexity index is 61.5. The van der Waals surface area contributed by atoms with Gasteiger partial charge >= 0.3 is 23.7 Å². The quantitative estimate of drug-likeness (QED) is 0.497. The van der Waals surface area contributed by atoms with E-state index in [9.17, 15) is 20.4 Å². The molecule has 0 amide bonds. The molecule has 0 aromatic carbocycles. The van der Waals surface area contributed by atoms with E-state index >= 15 is 0 Å². The van der Waals surface area contributed by atoms with Crippen LogP contribution in [0.15, 0.2) is 0 Å². The molecule has 0 aliphatic carbocycles. The molecule has 0 unspecified atom stereocenters. The van der Waals surface area contributed by atoms with Crippen molar-refractivity contribution in [2.75, 3.05) is 0 Å². The number of hydrogen-bond acceptors (Lipinski definition) is 4. The average molecular weight is 364 g/mol. The standard InChI is InChI=1S/4C3H7O.Te/c4*1-3(2)4;/h4*3H,1-2H3;/q4*-1;+4. The van der Waals surface area contributed by atoms with Crippen LogP contribution < -0.4 is 20.4 Å². The van der Waals surface area contributed by atoms with Crippen LogP contribution in [0.1, 0.15) is 55.4 Å². The van der Waals surface area contributed by atoms with Crippen molar-refractivity contribution in [2.24, 2.45) is 0 Å². The summed E-state index contributed by atoms with van der Waals surface area (Å²) in [7, 11) is 0. The van der Waals surface area contributed by atoms with Gasteiger partial charge in [0, 0.05) is 0 Å². The molecular weight excluding hydrogens is 336 g/mol. The Morgan fingerprint density at radius 2 is 0.412 bits per heavy atom. The minimum atomic E-state index is -0.417. The summed E-state index contributed by atoms with van der Waals surface area (Å²) in [6.07, 6.45) is -1.67. The molecule has 0 aromatic heterocycles. The molecule has 17 heavy (non-hydrogen) atoms. The van der Waals surface area contributed by atoms with Gasteiger partial charge in [-0.3, -0.25) is 0 Å². The summed E-state index contributed by atoms with van der Waals surface area (Å²) in [5.74, 6) is 0. The zero-order valence-corrected chi connectivity index (χ0v) is 14.7. The first-order valence-corrected chi connectivity index (χ1v) is 5.56. The van der Waals surface area contributed by atoms with E-state index in [1.54, 1.807) is 55.4 Å². The summed E-state index contributed by atoms with van der Waals surface area (Å²) in [5, 5.41) is 38.1. The van der Waals surface area contributed by atoms with E-state index in [0.717, 1.165) is 0 Å². The number of rotatable bonds is 0. The summed E-state index contributed by atoms with van der Waals surface area (Å²) < 4.78 is 0. The van der Waals surface area contributed by atoms with Gasteiger partial charge in [0.25, 0.3) is 0 Å². The van der Waals surface area contributed by atoms with Gasteiger partial charge in [-0.15, -0.1) is 24.4 Å². The molecule has 0 saturated heterocycles. The molecule has 0 fully saturated rings. The van der Waals surface area contributed by atoms with Gasteiger partial charge in [0.1, 0.15) is 0 Å². The molecule has 0 aliphatic rings. The van der Waals surface area contributed by atoms with E-state index in [1.165, 1.54) is 0 Å². The molecule has 0 bridgehead atoms. The van der Waals surface area contributed by atoms with Gasteiger partial charge in [-0.1, -0.05) is 55.4 Å². The molecule has 0 aromatic rings. The minimum Gasteiger partial charge on any atom is -0.852 e. The zero-order chi connectivity index (χ0) is 14.3. The molecule has 0 spiro atoms. The Kier molecular flexibility index (Phi) is 45.8. The molecule has 0 saturated carbocycles. The Morgan fingerprint density at radius 3 is 0.412 bits per heavy atom. The van der Waals surface area contributed by atoms with E-state index in [-0.39, 0.29) is 23.7 Å². The summed E-state index contributed by atoms with van der Waals surface area (Å²) in [4.78, 5) is 0. The van der Waals surface area contributed by atoms with Crippen molar-refractivity contribution < 1.29 is 20.4 Å². The first-order valence-electron chi connectivity index (χ1n) is 5.56. The van der Waals surface area contributed by atoms with Crippen LogP contribution in [-0.2, 0) is 0 Å². The Labute approximate surface area is 124 Å². The fraction of sp³-hybridized carbons (Fsp3) is 1.00. The molecule has 106 valence electrons. The molecule has 4 nitrogen and oxygen atoms in total. The monoisotopic (exact) mass is 366 g/mol. The zero-order valence-electron chi connectivity index (χ0n) is 12.4. The van der Waals surface area contributed by atoms with Gasteiger partial charge in [-0.05, 0) is 0 Å². The van der Waals surface area contributed by atoms with Crippen LogP contribution in [0.5, 0.6) is 0 Å². The van der Waals surface area contributed by atoms with Crippen molar-refractivity contribution >= 4 is 23.7 Å². The second-order valence-electron chi connectivity index (χ2n) is 4.20. The number of hydrogen-bond donors (Lipinski definition) is 0. The van der Waals surface area contributed by atoms with E-state index in [1.807, 2.05) is 0 Å². The predicted molar refractivity (Wildman–Crippen MR) is 66.3 cm³/mol. The van der Waals surface area contributed by atoms with E-state index in [2.05, 4.69) is 0 Å². The van der Waals surface area contributed by atoms with Crippen molar-refractivity contribution in [3.63, 3.8) is 0 Å². The molecule has 0 rings (SSSR count). The molecule has 0 aliphatic heterocycles. The molecule has 5 heteroatoms. The molecule has 0 N–H and O–H groups in total. The maximum absolute atomic E-state index is 9.53. The molecular formula is C12H28O4Te. The summed E-state index contributed by atoms with van der Waals surface area (Å²) in [6, 6.07) is 0. The minimum absolute atomic E-state index is 0. The second-order valence-corrected chi connectivity index (χ2v) is 4.20. The Morgan fingerprint density at radius 1 is 0.412 bits per heavy atom. The average Bonchev–Trinajstić information content (AvgIpc) is 1.76. The smallest absolute Gasteiger partial charge is 0.852 e. The van der Waals surface area contributed by atoms with Crippen LogP contribution in [0, 0.1) is 0 Å². The van der Waals surface area contributed by atoms with Crippen molar-refractivity contribution in [1.29, 1.82) is 0 Å². The van der Waals surface area contributed by atoms with Crippen LogP contribution in [0.2, 0.25) is 0 Å². The summed E-state index contributed by atoms with van der Waals surface area (Å²) in [6.45, 7) is 12.9. The first kappa shape index (κ1) is 30.6. The van der Waals surface area contributed by atoms with Crippen LogP contribution in [0.4, 0.5) is 0 Å². The van der Waals surface area contributed by atoms with Crippen LogP contribution >= 0.6 is 0 Å². The van der Waals surface area contributed by atoms with Crippen molar-refractivity contribution in [2.45, 2.75) is 79.8 Å². The van der Waals surface area contributed by atoms with Crippen LogP contribution in [0.3, 0.4) is 0 Å². The van der Waals surface area contributed by atoms with Crippen molar-refractivity contribution in [3.05, 3.63) is 0 Å². The third kappa shape index (κ3) is 8980. The largest absolute Gasteiger partial charge is 4.00 e. The molecule has 2 radical (unpaired) electrons. The Balaban J connectivity index is -0.0000000369. The fourth-order valence-corrected chi connectivity index (χ4v) is 0. The SMILES string of the molecule is CC(C)[O-].CC(C)[O-].CC(C)[O-].CC(C)[O-].[Te+4]. The summed E-state index contributed by atoms with van der Waals surface area (Å²) >= 11 is 0. The Hall–Kier alpha value is 0.630. The van der Waals surface area contributed by atoms with Crippen molar-refractivity contribution in [3.8, 4) is 0 Å². The third-order valence-corrected chi connectivity index (χ3v) is 0. The van der Waals surface area contributed by atoms with Gasteiger partial charge in [0.15, 0.2) is 0 Å². The van der Waals surface area contributed by atoms with Gasteiger partial charge in [0.2, 0.25) is 0 Å². The summed E-state index contributed by atoms with van der Waals surface area (Å²) in [5.41, 5.74) is 0. The molecule has 0 atom stereocenters. The third-order valence-electron chi connectivity index (χ3n) is 0. The topological polar surface area (TPSA) is 92.2 Å². The van der Waals surface area contributed by atoms with Gasteiger partial charge in [0.05, 0.1) is 0 Å². The second kappa shape index (κ2) is 25.5. The first-order chi connectivity index (χ1) is 6.93. The van der Waals surface area contributed by atoms with Gasteiger partial charge in [-0.2, -0.15) is 0 Å². The maximum atomic E-state index is 9.53.